The molecule has 2 aromatic carbocycles. The maximum atomic E-state index is 10.9. The van der Waals surface area contributed by atoms with Crippen molar-refractivity contribution in [3.05, 3.63) is 71.3 Å². The van der Waals surface area contributed by atoms with Crippen LogP contribution in [0, 0.1) is 0 Å². The van der Waals surface area contributed by atoms with Gasteiger partial charge in [-0.3, -0.25) is 4.79 Å². The highest BCUT2D eigenvalue weighted by Gasteiger charge is 2.17. The molecule has 2 nitrogen and oxygen atoms in total. The molecule has 0 aromatic heterocycles. The fourth-order valence-corrected chi connectivity index (χ4v) is 2.27. The van der Waals surface area contributed by atoms with Gasteiger partial charge in [0, 0.05) is 5.56 Å². The van der Waals surface area contributed by atoms with Crippen LogP contribution in [-0.4, -0.2) is 6.29 Å². The second-order valence-corrected chi connectivity index (χ2v) is 4.16. The smallest absolute Gasteiger partial charge is 0.143 e. The van der Waals surface area contributed by atoms with Crippen LogP contribution in [-0.2, 0) is 11.4 Å². The summed E-state index contributed by atoms with van der Waals surface area (Å²) in [5.41, 5.74) is 4.06. The number of rotatable bonds is 1. The summed E-state index contributed by atoms with van der Waals surface area (Å²) in [6.45, 7) is 0.531. The quantitative estimate of drug-likeness (QED) is 0.561. The van der Waals surface area contributed by atoms with Crippen molar-refractivity contribution >= 4 is 11.9 Å². The van der Waals surface area contributed by atoms with Gasteiger partial charge in [0.1, 0.15) is 18.6 Å². The van der Waals surface area contributed by atoms with E-state index in [-0.39, 0.29) is 0 Å². The Hall–Kier alpha value is -2.35. The predicted molar refractivity (Wildman–Crippen MR) is 70.4 cm³/mol. The van der Waals surface area contributed by atoms with Crippen molar-refractivity contribution in [1.29, 1.82) is 0 Å². The standard InChI is InChI=1S/C16H12O2/c17-10-9-14-13-6-2-1-5-12(13)11-18-16-8-4-3-7-15(14)16/h1-10H,11H2. The van der Waals surface area contributed by atoms with Crippen molar-refractivity contribution < 1.29 is 9.53 Å². The largest absolute Gasteiger partial charge is 0.488 e. The van der Waals surface area contributed by atoms with Gasteiger partial charge in [-0.05, 0) is 28.8 Å². The van der Waals surface area contributed by atoms with Gasteiger partial charge >= 0.3 is 0 Å². The molecule has 1 heterocycles. The van der Waals surface area contributed by atoms with Crippen molar-refractivity contribution in [3.8, 4) is 5.75 Å². The van der Waals surface area contributed by atoms with Gasteiger partial charge in [0.15, 0.2) is 0 Å². The Morgan fingerprint density at radius 3 is 2.50 bits per heavy atom. The Bertz CT molecular complexity index is 577. The second kappa shape index (κ2) is 4.49. The van der Waals surface area contributed by atoms with E-state index in [1.807, 2.05) is 48.5 Å². The minimum atomic E-state index is 0.531. The predicted octanol–water partition coefficient (Wildman–Crippen LogP) is 3.21. The molecular formula is C16H12O2. The molecule has 0 atom stereocenters. The van der Waals surface area contributed by atoms with E-state index < -0.39 is 0 Å². The second-order valence-electron chi connectivity index (χ2n) is 4.16. The summed E-state index contributed by atoms with van der Waals surface area (Å²) in [6.07, 6.45) is 2.43. The Morgan fingerprint density at radius 1 is 0.944 bits per heavy atom. The third-order valence-electron chi connectivity index (χ3n) is 3.10. The van der Waals surface area contributed by atoms with Crippen molar-refractivity contribution in [2.75, 3.05) is 0 Å². The highest BCUT2D eigenvalue weighted by molar-refractivity contribution is 5.92. The van der Waals surface area contributed by atoms with Gasteiger partial charge in [0.25, 0.3) is 0 Å². The van der Waals surface area contributed by atoms with Gasteiger partial charge in [-0.2, -0.15) is 0 Å². The van der Waals surface area contributed by atoms with Crippen LogP contribution in [0.2, 0.25) is 0 Å². The Balaban J connectivity index is 2.28. The third-order valence-corrected chi connectivity index (χ3v) is 3.10. The molecule has 0 saturated heterocycles. The summed E-state index contributed by atoms with van der Waals surface area (Å²) in [5.74, 6) is 0.821. The van der Waals surface area contributed by atoms with Crippen molar-refractivity contribution in [3.63, 3.8) is 0 Å². The van der Waals surface area contributed by atoms with E-state index in [4.69, 9.17) is 4.74 Å². The van der Waals surface area contributed by atoms with Crippen molar-refractivity contribution in [1.82, 2.24) is 0 Å². The minimum absolute atomic E-state index is 0.531. The first-order chi connectivity index (χ1) is 8.90. The topological polar surface area (TPSA) is 26.3 Å². The molecule has 0 N–H and O–H groups in total. The van der Waals surface area contributed by atoms with Gasteiger partial charge in [0.2, 0.25) is 0 Å². The number of allylic oxidation sites excluding steroid dienone is 1. The molecular weight excluding hydrogens is 224 g/mol. The highest BCUT2D eigenvalue weighted by atomic mass is 16.5. The summed E-state index contributed by atoms with van der Waals surface area (Å²) in [7, 11) is 0. The normalized spacial score (nSPS) is 15.2. The van der Waals surface area contributed by atoms with E-state index in [2.05, 4.69) is 0 Å². The first kappa shape index (κ1) is 10.8. The molecule has 1 aliphatic heterocycles. The van der Waals surface area contributed by atoms with Gasteiger partial charge < -0.3 is 4.74 Å². The van der Waals surface area contributed by atoms with Gasteiger partial charge in [-0.1, -0.05) is 42.5 Å². The van der Waals surface area contributed by atoms with Gasteiger partial charge in [-0.25, -0.2) is 0 Å². The molecule has 3 rings (SSSR count). The number of carbonyl (C=O) groups excluding carboxylic acids is 1. The molecule has 2 aromatic rings. The average Bonchev–Trinajstić information content (AvgIpc) is 2.58. The SMILES string of the molecule is O=CC=C1c2ccccc2COc2ccccc21. The first-order valence-corrected chi connectivity index (χ1v) is 5.86. The maximum absolute atomic E-state index is 10.9. The molecule has 0 spiro atoms. The van der Waals surface area contributed by atoms with Crippen LogP contribution >= 0.6 is 0 Å². The van der Waals surface area contributed by atoms with Crippen LogP contribution in [0.4, 0.5) is 0 Å². The summed E-state index contributed by atoms with van der Waals surface area (Å²) < 4.78 is 5.79. The molecule has 1 aliphatic rings. The Kier molecular flexibility index (Phi) is 2.69. The first-order valence-electron chi connectivity index (χ1n) is 5.86. The van der Waals surface area contributed by atoms with E-state index >= 15 is 0 Å². The molecule has 0 amide bonds. The molecule has 0 fully saturated rings. The molecule has 18 heavy (non-hydrogen) atoms. The van der Waals surface area contributed by atoms with E-state index in [0.717, 1.165) is 34.3 Å². The number of carbonyl (C=O) groups is 1. The van der Waals surface area contributed by atoms with Gasteiger partial charge in [-0.15, -0.1) is 0 Å². The lowest BCUT2D eigenvalue weighted by Gasteiger charge is -2.08. The molecule has 0 bridgehead atoms. The van der Waals surface area contributed by atoms with Crippen molar-refractivity contribution in [2.45, 2.75) is 6.61 Å². The number of hydrogen-bond donors (Lipinski definition) is 0. The summed E-state index contributed by atoms with van der Waals surface area (Å²) in [6, 6.07) is 15.8. The zero-order valence-corrected chi connectivity index (χ0v) is 9.80. The lowest BCUT2D eigenvalue weighted by atomic mass is 9.94. The highest BCUT2D eigenvalue weighted by Crippen LogP contribution is 2.35. The number of ether oxygens (including phenoxy) is 1. The number of hydrogen-bond acceptors (Lipinski definition) is 2. The molecule has 0 saturated carbocycles. The molecule has 88 valence electrons. The summed E-state index contributed by atoms with van der Waals surface area (Å²) in [5, 5.41) is 0. The zero-order chi connectivity index (χ0) is 12.4. The fourth-order valence-electron chi connectivity index (χ4n) is 2.27. The number of fused-ring (bicyclic) bond motifs is 2. The maximum Gasteiger partial charge on any atom is 0.143 e. The summed E-state index contributed by atoms with van der Waals surface area (Å²) >= 11 is 0. The third kappa shape index (κ3) is 1.72. The molecule has 0 radical (unpaired) electrons. The Morgan fingerprint density at radius 2 is 1.67 bits per heavy atom. The molecule has 2 heteroatoms. The number of benzene rings is 2. The number of aldehydes is 1. The lowest BCUT2D eigenvalue weighted by molar-refractivity contribution is -0.104. The van der Waals surface area contributed by atoms with Crippen molar-refractivity contribution in [2.24, 2.45) is 0 Å². The monoisotopic (exact) mass is 236 g/mol. The van der Waals surface area contributed by atoms with E-state index in [1.54, 1.807) is 6.08 Å². The van der Waals surface area contributed by atoms with Gasteiger partial charge in [0.05, 0.1) is 0 Å². The lowest BCUT2D eigenvalue weighted by Crippen LogP contribution is -1.94. The van der Waals surface area contributed by atoms with E-state index in [0.29, 0.717) is 6.61 Å². The van der Waals surface area contributed by atoms with Crippen LogP contribution < -0.4 is 4.74 Å². The molecule has 0 unspecified atom stereocenters. The molecule has 0 aliphatic carbocycles. The van der Waals surface area contributed by atoms with Crippen LogP contribution in [0.25, 0.3) is 5.57 Å². The van der Waals surface area contributed by atoms with E-state index in [9.17, 15) is 4.79 Å². The van der Waals surface area contributed by atoms with Crippen LogP contribution in [0.15, 0.2) is 54.6 Å². The Labute approximate surface area is 106 Å². The fraction of sp³-hybridized carbons (Fsp3) is 0.0625. The van der Waals surface area contributed by atoms with E-state index in [1.165, 1.54) is 0 Å². The van der Waals surface area contributed by atoms with Crippen LogP contribution in [0.5, 0.6) is 5.75 Å². The zero-order valence-electron chi connectivity index (χ0n) is 9.80. The van der Waals surface area contributed by atoms with Crippen LogP contribution in [0.3, 0.4) is 0 Å². The average molecular weight is 236 g/mol. The minimum Gasteiger partial charge on any atom is -0.488 e. The summed E-state index contributed by atoms with van der Waals surface area (Å²) in [4.78, 5) is 10.9. The number of para-hydroxylation sites is 1. The van der Waals surface area contributed by atoms with Crippen LogP contribution in [0.1, 0.15) is 16.7 Å².